The molecule has 1 atom stereocenters. The molecule has 0 radical (unpaired) electrons. The van der Waals surface area contributed by atoms with Crippen LogP contribution in [0.15, 0.2) is 28.7 Å². The number of nitrogens with zero attached hydrogens (tertiary/aromatic N) is 2. The van der Waals surface area contributed by atoms with Gasteiger partial charge in [0.15, 0.2) is 0 Å². The molecule has 0 aliphatic rings. The Morgan fingerprint density at radius 2 is 1.95 bits per heavy atom. The number of hydrogen-bond donors (Lipinski definition) is 1. The maximum Gasteiger partial charge on any atom is 0.142 e. The second kappa shape index (κ2) is 5.75. The van der Waals surface area contributed by atoms with Crippen molar-refractivity contribution in [2.75, 3.05) is 7.05 Å². The molecule has 0 bridgehead atoms. The minimum absolute atomic E-state index is 0.244. The third-order valence-electron chi connectivity index (χ3n) is 3.03. The molecule has 5 heteroatoms. The van der Waals surface area contributed by atoms with Crippen LogP contribution in [0.1, 0.15) is 28.6 Å². The van der Waals surface area contributed by atoms with E-state index >= 15 is 0 Å². The quantitative estimate of drug-likeness (QED) is 0.941. The van der Waals surface area contributed by atoms with Crippen LogP contribution in [0.5, 0.6) is 0 Å². The molecular formula is C14H15BrFN3. The van der Waals surface area contributed by atoms with Crippen LogP contribution in [0, 0.1) is 19.7 Å². The molecule has 1 N–H and O–H groups in total. The third-order valence-corrected chi connectivity index (χ3v) is 3.64. The summed E-state index contributed by atoms with van der Waals surface area (Å²) in [6, 6.07) is 6.98. The van der Waals surface area contributed by atoms with Crippen LogP contribution < -0.4 is 5.32 Å². The lowest BCUT2D eigenvalue weighted by molar-refractivity contribution is 0.568. The number of hydrogen-bond acceptors (Lipinski definition) is 3. The van der Waals surface area contributed by atoms with Crippen molar-refractivity contribution in [3.8, 4) is 0 Å². The Kier molecular flexibility index (Phi) is 4.27. The lowest BCUT2D eigenvalue weighted by Crippen LogP contribution is -2.21. The highest BCUT2D eigenvalue weighted by atomic mass is 79.9. The fraction of sp³-hybridized carbons (Fsp3) is 0.286. The van der Waals surface area contributed by atoms with E-state index in [1.54, 1.807) is 19.2 Å². The van der Waals surface area contributed by atoms with Gasteiger partial charge in [0, 0.05) is 5.56 Å². The summed E-state index contributed by atoms with van der Waals surface area (Å²) in [5, 5.41) is 11.3. The molecule has 100 valence electrons. The van der Waals surface area contributed by atoms with Gasteiger partial charge in [0.1, 0.15) is 5.82 Å². The fourth-order valence-electron chi connectivity index (χ4n) is 2.08. The van der Waals surface area contributed by atoms with Crippen molar-refractivity contribution < 1.29 is 4.39 Å². The van der Waals surface area contributed by atoms with E-state index in [1.165, 1.54) is 0 Å². The van der Waals surface area contributed by atoms with E-state index < -0.39 is 0 Å². The second-order valence-electron chi connectivity index (χ2n) is 4.39. The zero-order valence-corrected chi connectivity index (χ0v) is 12.6. The first kappa shape index (κ1) is 14.1. The summed E-state index contributed by atoms with van der Waals surface area (Å²) >= 11 is 3.22. The Labute approximate surface area is 120 Å². The predicted octanol–water partition coefficient (Wildman–Crippen LogP) is 3.30. The summed E-state index contributed by atoms with van der Waals surface area (Å²) in [5.41, 5.74) is 3.14. The highest BCUT2D eigenvalue weighted by Crippen LogP contribution is 2.29. The topological polar surface area (TPSA) is 37.8 Å². The summed E-state index contributed by atoms with van der Waals surface area (Å²) in [6.45, 7) is 3.75. The Morgan fingerprint density at radius 3 is 2.63 bits per heavy atom. The van der Waals surface area contributed by atoms with Gasteiger partial charge in [-0.3, -0.25) is 0 Å². The van der Waals surface area contributed by atoms with Gasteiger partial charge in [0.2, 0.25) is 0 Å². The molecule has 1 heterocycles. The van der Waals surface area contributed by atoms with E-state index in [2.05, 4.69) is 31.4 Å². The van der Waals surface area contributed by atoms with Crippen molar-refractivity contribution in [2.24, 2.45) is 0 Å². The number of nitrogens with one attached hydrogen (secondary N) is 1. The van der Waals surface area contributed by atoms with Crippen LogP contribution in [0.3, 0.4) is 0 Å². The molecule has 1 aromatic heterocycles. The highest BCUT2D eigenvalue weighted by molar-refractivity contribution is 9.10. The van der Waals surface area contributed by atoms with Crippen LogP contribution in [-0.2, 0) is 0 Å². The summed E-state index contributed by atoms with van der Waals surface area (Å²) < 4.78 is 14.7. The lowest BCUT2D eigenvalue weighted by Gasteiger charge is -2.20. The van der Waals surface area contributed by atoms with Gasteiger partial charge in [-0.1, -0.05) is 12.1 Å². The molecule has 3 nitrogen and oxygen atoms in total. The zero-order valence-electron chi connectivity index (χ0n) is 11.0. The first-order valence-corrected chi connectivity index (χ1v) is 6.76. The molecule has 0 amide bonds. The molecule has 0 aliphatic carbocycles. The van der Waals surface area contributed by atoms with E-state index in [4.69, 9.17) is 0 Å². The first-order valence-electron chi connectivity index (χ1n) is 5.96. The standard InChI is InChI=1S/C14H15BrFN3/c1-8-7-11(9(2)19-18-8)14(17-3)10-5-4-6-12(15)13(10)16/h4-7,14,17H,1-3H3. The predicted molar refractivity (Wildman–Crippen MR) is 76.5 cm³/mol. The molecule has 2 rings (SSSR count). The summed E-state index contributed by atoms with van der Waals surface area (Å²) in [7, 11) is 1.81. The van der Waals surface area contributed by atoms with Crippen LogP contribution in [-0.4, -0.2) is 17.2 Å². The average Bonchev–Trinajstić information content (AvgIpc) is 2.39. The summed E-state index contributed by atoms with van der Waals surface area (Å²) in [5.74, 6) is -0.254. The van der Waals surface area contributed by atoms with Gasteiger partial charge in [0.05, 0.1) is 21.9 Å². The first-order chi connectivity index (χ1) is 9.04. The monoisotopic (exact) mass is 323 g/mol. The Hall–Kier alpha value is -1.33. The van der Waals surface area contributed by atoms with Gasteiger partial charge in [-0.2, -0.15) is 10.2 Å². The van der Waals surface area contributed by atoms with E-state index in [-0.39, 0.29) is 11.9 Å². The van der Waals surface area contributed by atoms with Gasteiger partial charge >= 0.3 is 0 Å². The Morgan fingerprint density at radius 1 is 1.21 bits per heavy atom. The van der Waals surface area contributed by atoms with Crippen molar-refractivity contribution in [3.63, 3.8) is 0 Å². The molecule has 0 fully saturated rings. The van der Waals surface area contributed by atoms with Crippen molar-refractivity contribution >= 4 is 15.9 Å². The molecule has 0 spiro atoms. The number of rotatable bonds is 3. The summed E-state index contributed by atoms with van der Waals surface area (Å²) in [4.78, 5) is 0. The largest absolute Gasteiger partial charge is 0.309 e. The zero-order chi connectivity index (χ0) is 14.0. The molecule has 1 unspecified atom stereocenters. The van der Waals surface area contributed by atoms with Crippen LogP contribution in [0.2, 0.25) is 0 Å². The fourth-order valence-corrected chi connectivity index (χ4v) is 2.47. The average molecular weight is 324 g/mol. The van der Waals surface area contributed by atoms with Gasteiger partial charge < -0.3 is 5.32 Å². The Balaban J connectivity index is 2.56. The molecule has 1 aromatic carbocycles. The van der Waals surface area contributed by atoms with E-state index in [1.807, 2.05) is 26.0 Å². The number of aromatic nitrogens is 2. The third kappa shape index (κ3) is 2.82. The number of halogens is 2. The van der Waals surface area contributed by atoms with E-state index in [0.29, 0.717) is 10.0 Å². The number of benzene rings is 1. The van der Waals surface area contributed by atoms with Crippen molar-refractivity contribution in [3.05, 3.63) is 57.1 Å². The van der Waals surface area contributed by atoms with Gasteiger partial charge in [-0.15, -0.1) is 0 Å². The van der Waals surface area contributed by atoms with Crippen LogP contribution in [0.25, 0.3) is 0 Å². The second-order valence-corrected chi connectivity index (χ2v) is 5.25. The van der Waals surface area contributed by atoms with Crippen molar-refractivity contribution in [1.29, 1.82) is 0 Å². The maximum absolute atomic E-state index is 14.2. The SMILES string of the molecule is CNC(c1cc(C)nnc1C)c1cccc(Br)c1F. The minimum Gasteiger partial charge on any atom is -0.309 e. The van der Waals surface area contributed by atoms with Crippen LogP contribution >= 0.6 is 15.9 Å². The number of aryl methyl sites for hydroxylation is 2. The molecular weight excluding hydrogens is 309 g/mol. The van der Waals surface area contributed by atoms with E-state index in [0.717, 1.165) is 17.0 Å². The molecule has 0 saturated carbocycles. The molecule has 2 aromatic rings. The van der Waals surface area contributed by atoms with Gasteiger partial charge in [-0.05, 0) is 54.5 Å². The van der Waals surface area contributed by atoms with Gasteiger partial charge in [-0.25, -0.2) is 4.39 Å². The van der Waals surface area contributed by atoms with E-state index in [9.17, 15) is 4.39 Å². The summed E-state index contributed by atoms with van der Waals surface area (Å²) in [6.07, 6.45) is 0. The lowest BCUT2D eigenvalue weighted by atomic mass is 9.97. The minimum atomic E-state index is -0.254. The smallest absolute Gasteiger partial charge is 0.142 e. The normalized spacial score (nSPS) is 12.5. The van der Waals surface area contributed by atoms with Gasteiger partial charge in [0.25, 0.3) is 0 Å². The molecule has 0 aliphatic heterocycles. The maximum atomic E-state index is 14.2. The molecule has 19 heavy (non-hydrogen) atoms. The highest BCUT2D eigenvalue weighted by Gasteiger charge is 2.20. The van der Waals surface area contributed by atoms with Crippen molar-refractivity contribution in [1.82, 2.24) is 15.5 Å². The molecule has 0 saturated heterocycles. The van der Waals surface area contributed by atoms with Crippen molar-refractivity contribution in [2.45, 2.75) is 19.9 Å². The Bertz CT molecular complexity index is 599. The van der Waals surface area contributed by atoms with Crippen LogP contribution in [0.4, 0.5) is 4.39 Å².